The van der Waals surface area contributed by atoms with Crippen LogP contribution in [-0.2, 0) is 4.74 Å². The van der Waals surface area contributed by atoms with Gasteiger partial charge < -0.3 is 9.84 Å². The molecule has 0 aromatic carbocycles. The van der Waals surface area contributed by atoms with Gasteiger partial charge in [0.25, 0.3) is 0 Å². The van der Waals surface area contributed by atoms with Gasteiger partial charge in [-0.3, -0.25) is 5.73 Å². The number of hydrogen-bond donors (Lipinski definition) is 2. The molecule has 0 radical (unpaired) electrons. The van der Waals surface area contributed by atoms with Gasteiger partial charge in [0.15, 0.2) is 5.72 Å². The molecule has 0 aromatic rings. The maximum absolute atomic E-state index is 10.1. The summed E-state index contributed by atoms with van der Waals surface area (Å²) in [6.07, 6.45) is -0.632. The minimum absolute atomic E-state index is 0.193. The van der Waals surface area contributed by atoms with Crippen LogP contribution in [0.25, 0.3) is 0 Å². The van der Waals surface area contributed by atoms with Crippen LogP contribution in [-0.4, -0.2) is 17.0 Å². The average Bonchev–Trinajstić information content (AvgIpc) is 2.39. The largest absolute Gasteiger partial charge is 0.507 e. The van der Waals surface area contributed by atoms with Gasteiger partial charge in [0.1, 0.15) is 0 Å². The van der Waals surface area contributed by atoms with Gasteiger partial charge in [-0.2, -0.15) is 0 Å². The summed E-state index contributed by atoms with van der Waals surface area (Å²) < 4.78 is 4.52. The van der Waals surface area contributed by atoms with Gasteiger partial charge in [-0.25, -0.2) is 4.79 Å². The van der Waals surface area contributed by atoms with Gasteiger partial charge >= 0.3 is 6.16 Å². The van der Waals surface area contributed by atoms with E-state index in [1.165, 1.54) is 0 Å². The molecule has 1 fully saturated rings. The molecule has 0 aromatic heterocycles. The Labute approximate surface area is 65.3 Å². The van der Waals surface area contributed by atoms with Crippen molar-refractivity contribution in [1.82, 2.24) is 0 Å². The molecule has 0 spiro atoms. The van der Waals surface area contributed by atoms with Crippen molar-refractivity contribution in [2.24, 2.45) is 17.6 Å². The topological polar surface area (TPSA) is 72.5 Å². The smallest absolute Gasteiger partial charge is 0.450 e. The Bertz CT molecular complexity index is 181. The van der Waals surface area contributed by atoms with Crippen LogP contribution in [0, 0.1) is 11.8 Å². The third kappa shape index (κ3) is 1.63. The van der Waals surface area contributed by atoms with Crippen molar-refractivity contribution in [2.45, 2.75) is 26.0 Å². The Morgan fingerprint density at radius 2 is 2.36 bits per heavy atom. The lowest BCUT2D eigenvalue weighted by Gasteiger charge is -2.11. The standard InChI is InChI=1S/C7H13NO3/c1-4(2)5-3-7(5,8)11-6(9)10/h4-5H,3,8H2,1-2H3,(H,9,10). The highest BCUT2D eigenvalue weighted by Crippen LogP contribution is 2.46. The zero-order chi connectivity index (χ0) is 8.65. The summed E-state index contributed by atoms with van der Waals surface area (Å²) in [5, 5.41) is 8.29. The summed E-state index contributed by atoms with van der Waals surface area (Å²) in [6.45, 7) is 4.01. The van der Waals surface area contributed by atoms with Crippen molar-refractivity contribution >= 4 is 6.16 Å². The van der Waals surface area contributed by atoms with E-state index in [-0.39, 0.29) is 5.92 Å². The molecule has 11 heavy (non-hydrogen) atoms. The van der Waals surface area contributed by atoms with E-state index in [0.717, 1.165) is 0 Å². The molecule has 1 saturated carbocycles. The van der Waals surface area contributed by atoms with E-state index in [2.05, 4.69) is 4.74 Å². The molecule has 4 nitrogen and oxygen atoms in total. The molecule has 4 heteroatoms. The van der Waals surface area contributed by atoms with Crippen LogP contribution in [0.4, 0.5) is 4.79 Å². The number of hydrogen-bond acceptors (Lipinski definition) is 3. The highest BCUT2D eigenvalue weighted by molar-refractivity contribution is 5.58. The first-order valence-electron chi connectivity index (χ1n) is 3.66. The van der Waals surface area contributed by atoms with Gasteiger partial charge in [0, 0.05) is 12.3 Å². The first-order chi connectivity index (χ1) is 4.96. The molecule has 1 rings (SSSR count). The Balaban J connectivity index is 2.42. The van der Waals surface area contributed by atoms with Crippen molar-refractivity contribution in [3.05, 3.63) is 0 Å². The summed E-state index contributed by atoms with van der Waals surface area (Å²) in [4.78, 5) is 10.1. The summed E-state index contributed by atoms with van der Waals surface area (Å²) in [5.41, 5.74) is 4.70. The van der Waals surface area contributed by atoms with E-state index in [4.69, 9.17) is 10.8 Å². The first-order valence-corrected chi connectivity index (χ1v) is 3.66. The van der Waals surface area contributed by atoms with E-state index in [9.17, 15) is 4.79 Å². The van der Waals surface area contributed by atoms with Crippen molar-refractivity contribution < 1.29 is 14.6 Å². The summed E-state index contributed by atoms with van der Waals surface area (Å²) in [7, 11) is 0. The molecule has 2 unspecified atom stereocenters. The van der Waals surface area contributed by atoms with Gasteiger partial charge in [0.05, 0.1) is 0 Å². The fourth-order valence-corrected chi connectivity index (χ4v) is 1.36. The maximum atomic E-state index is 10.1. The highest BCUT2D eigenvalue weighted by atomic mass is 16.7. The second-order valence-corrected chi connectivity index (χ2v) is 3.38. The van der Waals surface area contributed by atoms with Crippen LogP contribution in [0.2, 0.25) is 0 Å². The molecule has 2 atom stereocenters. The van der Waals surface area contributed by atoms with Gasteiger partial charge in [-0.1, -0.05) is 13.8 Å². The number of carbonyl (C=O) groups is 1. The van der Waals surface area contributed by atoms with E-state index >= 15 is 0 Å². The molecular weight excluding hydrogens is 146 g/mol. The number of nitrogens with two attached hydrogens (primary N) is 1. The molecule has 0 heterocycles. The average molecular weight is 159 g/mol. The van der Waals surface area contributed by atoms with Crippen LogP contribution >= 0.6 is 0 Å². The van der Waals surface area contributed by atoms with Crippen LogP contribution in [0.3, 0.4) is 0 Å². The molecule has 1 aliphatic rings. The zero-order valence-electron chi connectivity index (χ0n) is 6.70. The lowest BCUT2D eigenvalue weighted by Crippen LogP contribution is -2.32. The quantitative estimate of drug-likeness (QED) is 0.466. The Kier molecular flexibility index (Phi) is 1.80. The highest BCUT2D eigenvalue weighted by Gasteiger charge is 2.56. The SMILES string of the molecule is CC(C)C1CC1(N)OC(=O)O. The zero-order valence-corrected chi connectivity index (χ0v) is 6.70. The third-order valence-electron chi connectivity index (χ3n) is 2.09. The van der Waals surface area contributed by atoms with Crippen molar-refractivity contribution in [2.75, 3.05) is 0 Å². The monoisotopic (exact) mass is 159 g/mol. The van der Waals surface area contributed by atoms with Crippen molar-refractivity contribution in [3.8, 4) is 0 Å². The van der Waals surface area contributed by atoms with E-state index in [1.807, 2.05) is 13.8 Å². The molecule has 0 saturated heterocycles. The predicted octanol–water partition coefficient (Wildman–Crippen LogP) is 1.01. The van der Waals surface area contributed by atoms with Gasteiger partial charge in [-0.05, 0) is 5.92 Å². The number of ether oxygens (including phenoxy) is 1. The lowest BCUT2D eigenvalue weighted by atomic mass is 10.1. The molecule has 0 aliphatic heterocycles. The summed E-state index contributed by atoms with van der Waals surface area (Å²) >= 11 is 0. The van der Waals surface area contributed by atoms with E-state index in [1.54, 1.807) is 0 Å². The molecule has 64 valence electrons. The van der Waals surface area contributed by atoms with Crippen LogP contribution < -0.4 is 5.73 Å². The maximum Gasteiger partial charge on any atom is 0.507 e. The lowest BCUT2D eigenvalue weighted by molar-refractivity contribution is 0.0304. The first kappa shape index (κ1) is 8.33. The molecule has 1 aliphatic carbocycles. The van der Waals surface area contributed by atoms with Crippen molar-refractivity contribution in [3.63, 3.8) is 0 Å². The summed E-state index contributed by atoms with van der Waals surface area (Å²) in [5.74, 6) is 0.581. The third-order valence-corrected chi connectivity index (χ3v) is 2.09. The Hall–Kier alpha value is -0.770. The second kappa shape index (κ2) is 2.37. The van der Waals surface area contributed by atoms with E-state index in [0.29, 0.717) is 12.3 Å². The van der Waals surface area contributed by atoms with Crippen LogP contribution in [0.1, 0.15) is 20.3 Å². The minimum Gasteiger partial charge on any atom is -0.450 e. The van der Waals surface area contributed by atoms with Crippen LogP contribution in [0.5, 0.6) is 0 Å². The predicted molar refractivity (Wildman–Crippen MR) is 39.0 cm³/mol. The minimum atomic E-state index is -1.28. The number of rotatable bonds is 2. The number of carboxylic acid groups (broad SMARTS) is 1. The molecular formula is C7H13NO3. The fourth-order valence-electron chi connectivity index (χ4n) is 1.36. The Morgan fingerprint density at radius 1 is 1.82 bits per heavy atom. The van der Waals surface area contributed by atoms with Crippen molar-refractivity contribution in [1.29, 1.82) is 0 Å². The fraction of sp³-hybridized carbons (Fsp3) is 0.857. The summed E-state index contributed by atoms with van der Waals surface area (Å²) in [6, 6.07) is 0. The van der Waals surface area contributed by atoms with Gasteiger partial charge in [0.2, 0.25) is 0 Å². The molecule has 0 bridgehead atoms. The van der Waals surface area contributed by atoms with Gasteiger partial charge in [-0.15, -0.1) is 0 Å². The van der Waals surface area contributed by atoms with E-state index < -0.39 is 11.9 Å². The molecule has 0 amide bonds. The molecule has 3 N–H and O–H groups in total. The Morgan fingerprint density at radius 3 is 2.64 bits per heavy atom. The van der Waals surface area contributed by atoms with Crippen LogP contribution in [0.15, 0.2) is 0 Å². The second-order valence-electron chi connectivity index (χ2n) is 3.38. The normalized spacial score (nSPS) is 35.5.